The molecule has 7 nitrogen and oxygen atoms in total. The second kappa shape index (κ2) is 5.72. The zero-order valence-electron chi connectivity index (χ0n) is 11.9. The van der Waals surface area contributed by atoms with Gasteiger partial charge in [0.15, 0.2) is 0 Å². The second-order valence-electron chi connectivity index (χ2n) is 4.98. The van der Waals surface area contributed by atoms with Gasteiger partial charge in [0, 0.05) is 36.7 Å². The van der Waals surface area contributed by atoms with E-state index in [1.807, 2.05) is 17.5 Å². The Morgan fingerprint density at radius 2 is 1.95 bits per heavy atom. The van der Waals surface area contributed by atoms with E-state index in [-0.39, 0.29) is 13.1 Å². The van der Waals surface area contributed by atoms with Crippen molar-refractivity contribution in [1.29, 1.82) is 0 Å². The Morgan fingerprint density at radius 3 is 2.59 bits per heavy atom. The topological polar surface area (TPSA) is 75.5 Å². The Labute approximate surface area is 130 Å². The van der Waals surface area contributed by atoms with Gasteiger partial charge in [-0.1, -0.05) is 6.07 Å². The van der Waals surface area contributed by atoms with Gasteiger partial charge in [-0.3, -0.25) is 24.1 Å². The molecule has 1 aliphatic heterocycles. The first-order valence-electron chi connectivity index (χ1n) is 6.73. The molecule has 8 heteroatoms. The van der Waals surface area contributed by atoms with Gasteiger partial charge >= 0.3 is 17.8 Å². The number of thiophene rings is 1. The molecule has 1 fully saturated rings. The van der Waals surface area contributed by atoms with Crippen molar-refractivity contribution in [3.05, 3.63) is 40.3 Å². The van der Waals surface area contributed by atoms with Gasteiger partial charge in [0.2, 0.25) is 0 Å². The predicted octanol–water partition coefficient (Wildman–Crippen LogP) is 1.02. The maximum absolute atomic E-state index is 12.3. The van der Waals surface area contributed by atoms with E-state index in [4.69, 9.17) is 0 Å². The highest BCUT2D eigenvalue weighted by Gasteiger charge is 2.44. The summed E-state index contributed by atoms with van der Waals surface area (Å²) in [6, 6.07) is 3.29. The van der Waals surface area contributed by atoms with Gasteiger partial charge in [-0.05, 0) is 11.4 Å². The fraction of sp³-hybridized carbons (Fsp3) is 0.286. The minimum Gasteiger partial charge on any atom is -0.275 e. The summed E-state index contributed by atoms with van der Waals surface area (Å²) < 4.78 is 1.58. The van der Waals surface area contributed by atoms with E-state index in [9.17, 15) is 14.4 Å². The van der Waals surface area contributed by atoms with Crippen LogP contribution in [0.5, 0.6) is 0 Å². The largest absolute Gasteiger partial charge is 0.334 e. The number of urea groups is 1. The van der Waals surface area contributed by atoms with E-state index in [2.05, 4.69) is 5.10 Å². The standard InChI is InChI=1S/C14H14N4O3S/c1-16-8-10(7-15-16)9-18-13(20)12(19)17(14(18)21)5-4-11-3-2-6-22-11/h2-3,6-8H,4-5,9H2,1H3. The summed E-state index contributed by atoms with van der Waals surface area (Å²) in [5.41, 5.74) is 0.706. The number of nitrogens with zero attached hydrogens (tertiary/aromatic N) is 4. The molecule has 0 saturated carbocycles. The van der Waals surface area contributed by atoms with Gasteiger partial charge in [0.1, 0.15) is 0 Å². The van der Waals surface area contributed by atoms with Gasteiger partial charge in [-0.2, -0.15) is 5.10 Å². The predicted molar refractivity (Wildman–Crippen MR) is 78.9 cm³/mol. The molecule has 2 aromatic rings. The van der Waals surface area contributed by atoms with Crippen LogP contribution in [0.1, 0.15) is 10.4 Å². The molecule has 0 unspecified atom stereocenters. The molecule has 114 valence electrons. The Hall–Kier alpha value is -2.48. The van der Waals surface area contributed by atoms with Crippen molar-refractivity contribution in [3.63, 3.8) is 0 Å². The lowest BCUT2D eigenvalue weighted by molar-refractivity contribution is -0.143. The van der Waals surface area contributed by atoms with Gasteiger partial charge in [0.05, 0.1) is 12.7 Å². The molecule has 3 heterocycles. The monoisotopic (exact) mass is 318 g/mol. The van der Waals surface area contributed by atoms with Crippen LogP contribution in [0.25, 0.3) is 0 Å². The molecule has 22 heavy (non-hydrogen) atoms. The SMILES string of the molecule is Cn1cc(CN2C(=O)C(=O)N(CCc3cccs3)C2=O)cn1. The van der Waals surface area contributed by atoms with Gasteiger partial charge in [0.25, 0.3) is 0 Å². The number of hydrogen-bond acceptors (Lipinski definition) is 5. The van der Waals surface area contributed by atoms with Crippen LogP contribution in [-0.4, -0.2) is 44.0 Å². The van der Waals surface area contributed by atoms with Crippen molar-refractivity contribution in [2.24, 2.45) is 7.05 Å². The lowest BCUT2D eigenvalue weighted by Gasteiger charge is -2.14. The zero-order valence-corrected chi connectivity index (χ0v) is 12.7. The number of carbonyl (C=O) groups excluding carboxylic acids is 3. The Kier molecular flexibility index (Phi) is 3.76. The highest BCUT2D eigenvalue weighted by molar-refractivity contribution is 7.09. The fourth-order valence-corrected chi connectivity index (χ4v) is 3.00. The van der Waals surface area contributed by atoms with E-state index in [0.717, 1.165) is 14.7 Å². The van der Waals surface area contributed by atoms with Gasteiger partial charge in [-0.15, -0.1) is 11.3 Å². The molecule has 0 radical (unpaired) electrons. The Balaban J connectivity index is 1.69. The maximum atomic E-state index is 12.3. The molecule has 0 bridgehead atoms. The van der Waals surface area contributed by atoms with Crippen LogP contribution in [0, 0.1) is 0 Å². The van der Waals surface area contributed by atoms with Crippen LogP contribution in [0.3, 0.4) is 0 Å². The number of amides is 4. The molecule has 0 spiro atoms. The highest BCUT2D eigenvalue weighted by atomic mass is 32.1. The van der Waals surface area contributed by atoms with Crippen molar-refractivity contribution in [2.45, 2.75) is 13.0 Å². The molecule has 3 rings (SSSR count). The van der Waals surface area contributed by atoms with Crippen molar-refractivity contribution in [2.75, 3.05) is 6.54 Å². The minimum absolute atomic E-state index is 0.0623. The van der Waals surface area contributed by atoms with Crippen LogP contribution in [0.4, 0.5) is 4.79 Å². The van der Waals surface area contributed by atoms with E-state index in [0.29, 0.717) is 12.0 Å². The number of rotatable bonds is 5. The van der Waals surface area contributed by atoms with E-state index in [1.165, 1.54) is 0 Å². The van der Waals surface area contributed by atoms with Crippen LogP contribution in [0.15, 0.2) is 29.9 Å². The summed E-state index contributed by atoms with van der Waals surface area (Å²) in [4.78, 5) is 39.3. The molecular weight excluding hydrogens is 304 g/mol. The minimum atomic E-state index is -0.778. The first-order chi connectivity index (χ1) is 10.6. The van der Waals surface area contributed by atoms with Crippen LogP contribution in [0.2, 0.25) is 0 Å². The van der Waals surface area contributed by atoms with Crippen LogP contribution in [-0.2, 0) is 29.6 Å². The number of hydrogen-bond donors (Lipinski definition) is 0. The summed E-state index contributed by atoms with van der Waals surface area (Å²) in [5.74, 6) is -1.54. The van der Waals surface area contributed by atoms with Crippen molar-refractivity contribution < 1.29 is 14.4 Å². The second-order valence-corrected chi connectivity index (χ2v) is 6.01. The Morgan fingerprint density at radius 1 is 1.18 bits per heavy atom. The Bertz CT molecular complexity index is 722. The number of imide groups is 2. The molecule has 1 aliphatic rings. The zero-order chi connectivity index (χ0) is 15.7. The lowest BCUT2D eigenvalue weighted by Crippen LogP contribution is -2.34. The number of carbonyl (C=O) groups is 3. The third-order valence-electron chi connectivity index (χ3n) is 3.40. The number of aryl methyl sites for hydroxylation is 1. The fourth-order valence-electron chi connectivity index (χ4n) is 2.30. The normalized spacial score (nSPS) is 15.2. The quantitative estimate of drug-likeness (QED) is 0.609. The molecule has 0 atom stereocenters. The smallest absolute Gasteiger partial charge is 0.275 e. The third kappa shape index (κ3) is 2.64. The van der Waals surface area contributed by atoms with Crippen molar-refractivity contribution in [1.82, 2.24) is 19.6 Å². The molecule has 2 aromatic heterocycles. The van der Waals surface area contributed by atoms with Crippen LogP contribution < -0.4 is 0 Å². The first kappa shape index (κ1) is 14.5. The van der Waals surface area contributed by atoms with Crippen molar-refractivity contribution >= 4 is 29.2 Å². The van der Waals surface area contributed by atoms with E-state index >= 15 is 0 Å². The molecule has 0 aromatic carbocycles. The summed E-state index contributed by atoms with van der Waals surface area (Å²) in [6.45, 7) is 0.278. The maximum Gasteiger partial charge on any atom is 0.334 e. The molecule has 0 aliphatic carbocycles. The van der Waals surface area contributed by atoms with Crippen molar-refractivity contribution in [3.8, 4) is 0 Å². The molecule has 4 amide bonds. The molecule has 1 saturated heterocycles. The van der Waals surface area contributed by atoms with Gasteiger partial charge in [-0.25, -0.2) is 4.79 Å². The summed E-state index contributed by atoms with van der Waals surface area (Å²) in [6.07, 6.45) is 3.84. The molecular formula is C14H14N4O3S. The highest BCUT2D eigenvalue weighted by Crippen LogP contribution is 2.17. The molecule has 0 N–H and O–H groups in total. The number of aromatic nitrogens is 2. The summed E-state index contributed by atoms with van der Waals surface area (Å²) in [5, 5.41) is 5.92. The lowest BCUT2D eigenvalue weighted by atomic mass is 10.3. The van der Waals surface area contributed by atoms with E-state index in [1.54, 1.807) is 35.5 Å². The van der Waals surface area contributed by atoms with Gasteiger partial charge < -0.3 is 0 Å². The van der Waals surface area contributed by atoms with Crippen LogP contribution >= 0.6 is 11.3 Å². The average molecular weight is 318 g/mol. The third-order valence-corrected chi connectivity index (χ3v) is 4.33. The first-order valence-corrected chi connectivity index (χ1v) is 7.61. The summed E-state index contributed by atoms with van der Waals surface area (Å²) >= 11 is 1.56. The summed E-state index contributed by atoms with van der Waals surface area (Å²) in [7, 11) is 1.75. The van der Waals surface area contributed by atoms with E-state index < -0.39 is 17.8 Å². The average Bonchev–Trinajstić information content (AvgIpc) is 3.18.